The van der Waals surface area contributed by atoms with Crippen LogP contribution in [0.3, 0.4) is 0 Å². The van der Waals surface area contributed by atoms with Gasteiger partial charge in [-0.25, -0.2) is 4.39 Å². The zero-order valence-corrected chi connectivity index (χ0v) is 11.3. The van der Waals surface area contributed by atoms with Crippen LogP contribution in [0.2, 0.25) is 0 Å². The molecule has 0 saturated carbocycles. The molecule has 1 aliphatic heterocycles. The van der Waals surface area contributed by atoms with Crippen molar-refractivity contribution >= 4 is 0 Å². The summed E-state index contributed by atoms with van der Waals surface area (Å²) in [5, 5.41) is 8.69. The smallest absolute Gasteiger partial charge is 0.123 e. The normalized spacial score (nSPS) is 21.9. The molecule has 0 aliphatic carbocycles. The molecule has 0 bridgehead atoms. The molecule has 1 N–H and O–H groups in total. The molecule has 2 atom stereocenters. The van der Waals surface area contributed by atoms with Crippen LogP contribution >= 0.6 is 0 Å². The number of rotatable bonds is 4. The van der Waals surface area contributed by atoms with Crippen LogP contribution in [0.25, 0.3) is 0 Å². The molecular weight excluding hydrogens is 259 g/mol. The van der Waals surface area contributed by atoms with Crippen molar-refractivity contribution in [3.05, 3.63) is 30.1 Å². The number of ether oxygens (including phenoxy) is 2. The first-order valence-corrected chi connectivity index (χ1v) is 6.91. The molecule has 1 aromatic rings. The lowest BCUT2D eigenvalue weighted by atomic mass is 10.0. The van der Waals surface area contributed by atoms with E-state index in [0.29, 0.717) is 18.8 Å². The van der Waals surface area contributed by atoms with Gasteiger partial charge in [0.25, 0.3) is 0 Å². The summed E-state index contributed by atoms with van der Waals surface area (Å²) in [6.07, 6.45) is 3.34. The van der Waals surface area contributed by atoms with E-state index in [9.17, 15) is 4.39 Å². The zero-order chi connectivity index (χ0) is 14.2. The van der Waals surface area contributed by atoms with E-state index >= 15 is 0 Å². The monoisotopic (exact) mass is 278 g/mol. The van der Waals surface area contributed by atoms with Gasteiger partial charge in [-0.1, -0.05) is 11.8 Å². The predicted molar refractivity (Wildman–Crippen MR) is 73.9 cm³/mol. The van der Waals surface area contributed by atoms with Crippen LogP contribution in [0.1, 0.15) is 25.7 Å². The van der Waals surface area contributed by atoms with Gasteiger partial charge in [-0.15, -0.1) is 0 Å². The molecule has 4 heteroatoms. The van der Waals surface area contributed by atoms with Crippen LogP contribution in [0.15, 0.2) is 24.3 Å². The summed E-state index contributed by atoms with van der Waals surface area (Å²) >= 11 is 0. The van der Waals surface area contributed by atoms with Gasteiger partial charge >= 0.3 is 0 Å². The number of halogens is 1. The Labute approximate surface area is 118 Å². The average molecular weight is 278 g/mol. The molecule has 1 aliphatic rings. The SMILES string of the molecule is OCCC#CC1CCCC(COc2ccc(F)cc2)O1. The average Bonchev–Trinajstić information content (AvgIpc) is 2.47. The Hall–Kier alpha value is -1.57. The largest absolute Gasteiger partial charge is 0.491 e. The summed E-state index contributed by atoms with van der Waals surface area (Å²) in [5.41, 5.74) is 0. The third kappa shape index (κ3) is 4.84. The van der Waals surface area contributed by atoms with Crippen molar-refractivity contribution < 1.29 is 19.0 Å². The fourth-order valence-electron chi connectivity index (χ4n) is 2.09. The quantitative estimate of drug-likeness (QED) is 0.860. The van der Waals surface area contributed by atoms with E-state index in [2.05, 4.69) is 11.8 Å². The molecule has 2 rings (SSSR count). The van der Waals surface area contributed by atoms with Crippen molar-refractivity contribution in [2.45, 2.75) is 37.9 Å². The maximum Gasteiger partial charge on any atom is 0.123 e. The summed E-state index contributed by atoms with van der Waals surface area (Å²) in [6.45, 7) is 0.528. The van der Waals surface area contributed by atoms with E-state index in [4.69, 9.17) is 14.6 Å². The number of benzene rings is 1. The predicted octanol–water partition coefficient (Wildman–Crippen LogP) is 2.53. The highest BCUT2D eigenvalue weighted by molar-refractivity contribution is 5.22. The lowest BCUT2D eigenvalue weighted by Crippen LogP contribution is -2.31. The molecule has 0 spiro atoms. The number of hydrogen-bond acceptors (Lipinski definition) is 3. The third-order valence-corrected chi connectivity index (χ3v) is 3.10. The summed E-state index contributed by atoms with van der Waals surface area (Å²) in [5.74, 6) is 6.29. The minimum Gasteiger partial charge on any atom is -0.491 e. The van der Waals surface area contributed by atoms with Crippen molar-refractivity contribution in [3.63, 3.8) is 0 Å². The third-order valence-electron chi connectivity index (χ3n) is 3.10. The summed E-state index contributed by atoms with van der Waals surface area (Å²) in [7, 11) is 0. The minimum absolute atomic E-state index is 0.0160. The molecule has 108 valence electrons. The maximum atomic E-state index is 12.8. The van der Waals surface area contributed by atoms with Crippen LogP contribution in [0, 0.1) is 17.7 Å². The Morgan fingerprint density at radius 2 is 2.10 bits per heavy atom. The first kappa shape index (κ1) is 14.8. The van der Waals surface area contributed by atoms with Gasteiger partial charge < -0.3 is 14.6 Å². The van der Waals surface area contributed by atoms with Crippen LogP contribution in [0.4, 0.5) is 4.39 Å². The van der Waals surface area contributed by atoms with E-state index in [1.165, 1.54) is 12.1 Å². The Bertz CT molecular complexity index is 461. The van der Waals surface area contributed by atoms with Crippen molar-refractivity contribution in [2.24, 2.45) is 0 Å². The molecule has 20 heavy (non-hydrogen) atoms. The van der Waals surface area contributed by atoms with Gasteiger partial charge in [0, 0.05) is 6.42 Å². The summed E-state index contributed by atoms with van der Waals surface area (Å²) < 4.78 is 24.2. The summed E-state index contributed by atoms with van der Waals surface area (Å²) in [4.78, 5) is 0. The second kappa shape index (κ2) is 7.88. The first-order chi connectivity index (χ1) is 9.78. The van der Waals surface area contributed by atoms with Gasteiger partial charge in [-0.3, -0.25) is 0 Å². The van der Waals surface area contributed by atoms with Gasteiger partial charge in [0.1, 0.15) is 24.3 Å². The van der Waals surface area contributed by atoms with E-state index < -0.39 is 0 Å². The Morgan fingerprint density at radius 1 is 1.30 bits per heavy atom. The van der Waals surface area contributed by atoms with Crippen molar-refractivity contribution in [1.29, 1.82) is 0 Å². The highest BCUT2D eigenvalue weighted by Crippen LogP contribution is 2.20. The van der Waals surface area contributed by atoms with E-state index in [-0.39, 0.29) is 24.6 Å². The highest BCUT2D eigenvalue weighted by Gasteiger charge is 2.21. The van der Waals surface area contributed by atoms with Crippen LogP contribution in [-0.2, 0) is 4.74 Å². The van der Waals surface area contributed by atoms with Gasteiger partial charge in [-0.2, -0.15) is 0 Å². The molecule has 0 aromatic heterocycles. The van der Waals surface area contributed by atoms with Crippen molar-refractivity contribution in [3.8, 4) is 17.6 Å². The molecule has 2 unspecified atom stereocenters. The van der Waals surface area contributed by atoms with E-state index in [1.807, 2.05) is 0 Å². The first-order valence-electron chi connectivity index (χ1n) is 6.91. The molecule has 3 nitrogen and oxygen atoms in total. The summed E-state index contributed by atoms with van der Waals surface area (Å²) in [6, 6.07) is 5.97. The second-order valence-electron chi connectivity index (χ2n) is 4.74. The van der Waals surface area contributed by atoms with Gasteiger partial charge in [0.05, 0.1) is 12.7 Å². The van der Waals surface area contributed by atoms with E-state index in [0.717, 1.165) is 19.3 Å². The van der Waals surface area contributed by atoms with Crippen LogP contribution in [-0.4, -0.2) is 30.5 Å². The van der Waals surface area contributed by atoms with Crippen LogP contribution in [0.5, 0.6) is 5.75 Å². The van der Waals surface area contributed by atoms with Crippen molar-refractivity contribution in [2.75, 3.05) is 13.2 Å². The molecule has 1 aromatic carbocycles. The Kier molecular flexibility index (Phi) is 5.85. The zero-order valence-electron chi connectivity index (χ0n) is 11.3. The molecule has 0 radical (unpaired) electrons. The number of hydrogen-bond donors (Lipinski definition) is 1. The lowest BCUT2D eigenvalue weighted by Gasteiger charge is -2.27. The second-order valence-corrected chi connectivity index (χ2v) is 4.74. The number of aliphatic hydroxyl groups excluding tert-OH is 1. The maximum absolute atomic E-state index is 12.8. The Balaban J connectivity index is 1.78. The minimum atomic E-state index is -0.273. The van der Waals surface area contributed by atoms with Gasteiger partial charge in [0.15, 0.2) is 0 Å². The fraction of sp³-hybridized carbons (Fsp3) is 0.500. The van der Waals surface area contributed by atoms with Gasteiger partial charge in [-0.05, 0) is 43.5 Å². The standard InChI is InChI=1S/C16H19FO3/c17-13-7-9-14(10-8-13)19-12-16-6-3-5-15(20-16)4-1-2-11-18/h7-10,15-16,18H,2-3,5-6,11-12H2. The molecular formula is C16H19FO3. The van der Waals surface area contributed by atoms with E-state index in [1.54, 1.807) is 12.1 Å². The molecule has 0 amide bonds. The molecule has 1 saturated heterocycles. The van der Waals surface area contributed by atoms with Crippen LogP contribution < -0.4 is 4.74 Å². The fourth-order valence-corrected chi connectivity index (χ4v) is 2.09. The molecule has 1 fully saturated rings. The Morgan fingerprint density at radius 3 is 2.85 bits per heavy atom. The number of aliphatic hydroxyl groups is 1. The van der Waals surface area contributed by atoms with Crippen molar-refractivity contribution in [1.82, 2.24) is 0 Å². The topological polar surface area (TPSA) is 38.7 Å². The molecule has 1 heterocycles. The lowest BCUT2D eigenvalue weighted by molar-refractivity contribution is -0.0419. The highest BCUT2D eigenvalue weighted by atomic mass is 19.1. The van der Waals surface area contributed by atoms with Gasteiger partial charge in [0.2, 0.25) is 0 Å².